The molecular weight excluding hydrogens is 170 g/mol. The summed E-state index contributed by atoms with van der Waals surface area (Å²) >= 11 is 0. The fraction of sp³-hybridized carbons (Fsp3) is 1.00. The van der Waals surface area contributed by atoms with Crippen LogP contribution >= 0.6 is 16.5 Å². The number of unbranched alkanes of at least 4 members (excludes halogenated alkanes) is 3. The van der Waals surface area contributed by atoms with Crippen LogP contribution in [0.15, 0.2) is 0 Å². The Bertz CT molecular complexity index is 56.6. The van der Waals surface area contributed by atoms with E-state index in [1.807, 2.05) is 0 Å². The Morgan fingerprint density at radius 3 is 2.36 bits per heavy atom. The molecule has 0 aliphatic carbocycles. The summed E-state index contributed by atoms with van der Waals surface area (Å²) in [7, 11) is 2.17. The van der Waals surface area contributed by atoms with Crippen LogP contribution < -0.4 is 0 Å². The third-order valence-corrected chi connectivity index (χ3v) is 6.00. The first-order chi connectivity index (χ1) is 5.41. The Morgan fingerprint density at radius 2 is 1.73 bits per heavy atom. The maximum atomic E-state index is 2.29. The van der Waals surface area contributed by atoms with E-state index in [-0.39, 0.29) is 0 Å². The highest BCUT2D eigenvalue weighted by molar-refractivity contribution is 8.11. The highest BCUT2D eigenvalue weighted by atomic mass is 32.0. The van der Waals surface area contributed by atoms with Crippen LogP contribution in [0.4, 0.5) is 0 Å². The lowest BCUT2D eigenvalue weighted by Gasteiger charge is -1.94. The Kier molecular flexibility index (Phi) is 11.7. The van der Waals surface area contributed by atoms with Gasteiger partial charge in [0.2, 0.25) is 0 Å². The molecule has 0 bridgehead atoms. The van der Waals surface area contributed by atoms with E-state index in [1.165, 1.54) is 46.5 Å². The molecule has 0 saturated heterocycles. The molecule has 2 atom stereocenters. The molecule has 0 aromatic rings. The predicted molar refractivity (Wildman–Crippen MR) is 62.2 cm³/mol. The molecule has 0 nitrogen and oxygen atoms in total. The lowest BCUT2D eigenvalue weighted by Crippen LogP contribution is -1.75. The molecule has 2 heteroatoms. The van der Waals surface area contributed by atoms with Crippen molar-refractivity contribution in [2.45, 2.75) is 46.0 Å². The van der Waals surface area contributed by atoms with Gasteiger partial charge in [0.1, 0.15) is 0 Å². The highest BCUT2D eigenvalue weighted by Gasteiger charge is 1.94. The first-order valence-corrected chi connectivity index (χ1v) is 8.80. The summed E-state index contributed by atoms with van der Waals surface area (Å²) in [4.78, 5) is 0. The van der Waals surface area contributed by atoms with Crippen LogP contribution in [-0.4, -0.2) is 12.3 Å². The van der Waals surface area contributed by atoms with E-state index in [4.69, 9.17) is 0 Å². The smallest absolute Gasteiger partial charge is 0.0569 e. The molecule has 0 amide bonds. The largest absolute Gasteiger partial charge is 0.0654 e. The standard InChI is InChI=1S/C9H22P2/c1-3-5-7-9-11-10-8-6-4-2/h10-11H,3-9H2,1-2H3/p+1. The van der Waals surface area contributed by atoms with Crippen LogP contribution in [0.3, 0.4) is 0 Å². The fourth-order valence-corrected chi connectivity index (χ4v) is 4.91. The fourth-order valence-electron chi connectivity index (χ4n) is 0.987. The minimum Gasteiger partial charge on any atom is -0.0654 e. The number of hydrogen-bond acceptors (Lipinski definition) is 0. The molecule has 0 aliphatic heterocycles. The van der Waals surface area contributed by atoms with E-state index < -0.39 is 0 Å². The molecule has 0 saturated carbocycles. The maximum absolute atomic E-state index is 2.29. The average molecular weight is 193 g/mol. The van der Waals surface area contributed by atoms with Gasteiger partial charge in [0.25, 0.3) is 0 Å². The second-order valence-electron chi connectivity index (χ2n) is 3.01. The van der Waals surface area contributed by atoms with Crippen molar-refractivity contribution in [1.29, 1.82) is 0 Å². The normalized spacial score (nSPS) is 12.5. The van der Waals surface area contributed by atoms with Crippen LogP contribution in [-0.2, 0) is 0 Å². The molecule has 0 N–H and O–H groups in total. The molecule has 0 heterocycles. The van der Waals surface area contributed by atoms with Crippen LogP contribution in [0.25, 0.3) is 0 Å². The molecule has 0 spiro atoms. The third kappa shape index (κ3) is 10.9. The van der Waals surface area contributed by atoms with E-state index >= 15 is 0 Å². The lowest BCUT2D eigenvalue weighted by atomic mass is 10.3. The van der Waals surface area contributed by atoms with Crippen molar-refractivity contribution < 1.29 is 0 Å². The van der Waals surface area contributed by atoms with Gasteiger partial charge in [-0.15, -0.1) is 0 Å². The van der Waals surface area contributed by atoms with Crippen molar-refractivity contribution in [1.82, 2.24) is 0 Å². The van der Waals surface area contributed by atoms with Crippen LogP contribution in [0, 0.1) is 0 Å². The first kappa shape index (κ1) is 11.9. The predicted octanol–water partition coefficient (Wildman–Crippen LogP) is 3.98. The monoisotopic (exact) mass is 193 g/mol. The van der Waals surface area contributed by atoms with Gasteiger partial charge in [-0.1, -0.05) is 33.1 Å². The van der Waals surface area contributed by atoms with Crippen molar-refractivity contribution in [2.24, 2.45) is 0 Å². The van der Waals surface area contributed by atoms with Crippen LogP contribution in [0.5, 0.6) is 0 Å². The van der Waals surface area contributed by atoms with E-state index in [0.717, 1.165) is 8.27 Å². The quantitative estimate of drug-likeness (QED) is 0.404. The zero-order valence-electron chi connectivity index (χ0n) is 8.03. The summed E-state index contributed by atoms with van der Waals surface area (Å²) < 4.78 is 0. The minimum atomic E-state index is 0.839. The van der Waals surface area contributed by atoms with Crippen molar-refractivity contribution >= 4 is 16.5 Å². The summed E-state index contributed by atoms with van der Waals surface area (Å²) in [5.74, 6) is 0. The molecule has 0 rings (SSSR count). The van der Waals surface area contributed by atoms with Crippen LogP contribution in [0.2, 0.25) is 0 Å². The van der Waals surface area contributed by atoms with Gasteiger partial charge in [-0.2, -0.15) is 0 Å². The lowest BCUT2D eigenvalue weighted by molar-refractivity contribution is 0.778. The SMILES string of the molecule is CCCCCP[PH2+]CCCC. The Hall–Kier alpha value is 0.860. The molecule has 0 aromatic carbocycles. The van der Waals surface area contributed by atoms with E-state index in [9.17, 15) is 0 Å². The maximum Gasteiger partial charge on any atom is 0.0569 e. The van der Waals surface area contributed by atoms with Gasteiger partial charge in [0.15, 0.2) is 0 Å². The molecule has 68 valence electrons. The average Bonchev–Trinajstić information content (AvgIpc) is 2.03. The second-order valence-corrected chi connectivity index (χ2v) is 7.35. The highest BCUT2D eigenvalue weighted by Crippen LogP contribution is 2.37. The first-order valence-electron chi connectivity index (χ1n) is 4.96. The van der Waals surface area contributed by atoms with Gasteiger partial charge >= 0.3 is 0 Å². The van der Waals surface area contributed by atoms with E-state index in [2.05, 4.69) is 13.8 Å². The second kappa shape index (κ2) is 10.9. The van der Waals surface area contributed by atoms with Gasteiger partial charge in [-0.3, -0.25) is 0 Å². The summed E-state index contributed by atoms with van der Waals surface area (Å²) in [6, 6.07) is 0. The van der Waals surface area contributed by atoms with Crippen molar-refractivity contribution in [3.05, 3.63) is 0 Å². The number of hydrogen-bond donors (Lipinski definition) is 0. The Balaban J connectivity index is 2.69. The number of rotatable bonds is 8. The summed E-state index contributed by atoms with van der Waals surface area (Å²) in [6.07, 6.45) is 10.3. The molecule has 2 unspecified atom stereocenters. The summed E-state index contributed by atoms with van der Waals surface area (Å²) in [5.41, 5.74) is 0. The van der Waals surface area contributed by atoms with Gasteiger partial charge in [0.05, 0.1) is 6.16 Å². The molecule has 0 aromatic heterocycles. The van der Waals surface area contributed by atoms with Gasteiger partial charge in [-0.05, 0) is 19.0 Å². The van der Waals surface area contributed by atoms with E-state index in [0.29, 0.717) is 0 Å². The molecular formula is C9H23P2+. The van der Waals surface area contributed by atoms with Crippen molar-refractivity contribution in [3.63, 3.8) is 0 Å². The molecule has 0 radical (unpaired) electrons. The van der Waals surface area contributed by atoms with Crippen molar-refractivity contribution in [2.75, 3.05) is 12.3 Å². The van der Waals surface area contributed by atoms with Crippen LogP contribution in [0.1, 0.15) is 46.0 Å². The Labute approximate surface area is 75.4 Å². The zero-order valence-corrected chi connectivity index (χ0v) is 10.2. The summed E-state index contributed by atoms with van der Waals surface area (Å²) in [6.45, 7) is 4.58. The van der Waals surface area contributed by atoms with Crippen molar-refractivity contribution in [3.8, 4) is 0 Å². The molecule has 0 fully saturated rings. The topological polar surface area (TPSA) is 0 Å². The Morgan fingerprint density at radius 1 is 1.00 bits per heavy atom. The van der Waals surface area contributed by atoms with Gasteiger partial charge < -0.3 is 0 Å². The molecule has 0 aliphatic rings. The van der Waals surface area contributed by atoms with E-state index in [1.54, 1.807) is 6.16 Å². The minimum absolute atomic E-state index is 0.839. The molecule has 11 heavy (non-hydrogen) atoms. The third-order valence-electron chi connectivity index (χ3n) is 1.77. The van der Waals surface area contributed by atoms with Gasteiger partial charge in [0, 0.05) is 16.5 Å². The zero-order chi connectivity index (χ0) is 8.36. The van der Waals surface area contributed by atoms with Gasteiger partial charge in [-0.25, -0.2) is 0 Å². The summed E-state index contributed by atoms with van der Waals surface area (Å²) in [5, 5.41) is 0.